The van der Waals surface area contributed by atoms with Gasteiger partial charge in [-0.05, 0) is 33.6 Å². The van der Waals surface area contributed by atoms with E-state index in [0.29, 0.717) is 6.61 Å². The zero-order valence-electron chi connectivity index (χ0n) is 12.2. The van der Waals surface area contributed by atoms with Gasteiger partial charge in [0.2, 0.25) is 0 Å². The lowest BCUT2D eigenvalue weighted by Gasteiger charge is -2.25. The molecule has 0 aliphatic carbocycles. The van der Waals surface area contributed by atoms with E-state index < -0.39 is 23.7 Å². The van der Waals surface area contributed by atoms with Crippen molar-refractivity contribution in [2.75, 3.05) is 6.61 Å². The Hall–Kier alpha value is -1.26. The van der Waals surface area contributed by atoms with E-state index in [9.17, 15) is 9.59 Å². The Kier molecular flexibility index (Phi) is 6.73. The fraction of sp³-hybridized carbons (Fsp3) is 0.846. The van der Waals surface area contributed by atoms with Crippen LogP contribution in [-0.2, 0) is 14.3 Å². The summed E-state index contributed by atoms with van der Waals surface area (Å²) in [5, 5.41) is 2.57. The van der Waals surface area contributed by atoms with Gasteiger partial charge in [0, 0.05) is 0 Å². The lowest BCUT2D eigenvalue weighted by atomic mass is 9.99. The minimum Gasteiger partial charge on any atom is -0.464 e. The van der Waals surface area contributed by atoms with Crippen molar-refractivity contribution in [3.05, 3.63) is 0 Å². The van der Waals surface area contributed by atoms with Crippen LogP contribution in [0.25, 0.3) is 0 Å². The number of amides is 1. The molecule has 1 amide bonds. The highest BCUT2D eigenvalue weighted by Gasteiger charge is 2.29. The van der Waals surface area contributed by atoms with E-state index in [2.05, 4.69) is 5.32 Å². The molecule has 2 atom stereocenters. The van der Waals surface area contributed by atoms with Crippen molar-refractivity contribution in [1.29, 1.82) is 0 Å². The van der Waals surface area contributed by atoms with Crippen LogP contribution in [0.5, 0.6) is 0 Å². The SMILES string of the molecule is CCOC(=O)[C@@H](NC(=O)OC(C)(C)C)C(C)CC. The Bertz CT molecular complexity index is 283. The number of rotatable bonds is 5. The normalized spacial score (nSPS) is 14.6. The van der Waals surface area contributed by atoms with Crippen LogP contribution in [-0.4, -0.2) is 30.3 Å². The molecule has 0 aliphatic heterocycles. The van der Waals surface area contributed by atoms with Gasteiger partial charge in [-0.25, -0.2) is 9.59 Å². The zero-order valence-corrected chi connectivity index (χ0v) is 12.2. The van der Waals surface area contributed by atoms with Crippen molar-refractivity contribution in [2.24, 2.45) is 5.92 Å². The summed E-state index contributed by atoms with van der Waals surface area (Å²) in [6, 6.07) is -0.662. The van der Waals surface area contributed by atoms with E-state index in [-0.39, 0.29) is 5.92 Å². The molecule has 0 spiro atoms. The summed E-state index contributed by atoms with van der Waals surface area (Å²) in [4.78, 5) is 23.4. The van der Waals surface area contributed by atoms with Gasteiger partial charge in [-0.15, -0.1) is 0 Å². The first-order valence-corrected chi connectivity index (χ1v) is 6.37. The lowest BCUT2D eigenvalue weighted by Crippen LogP contribution is -2.47. The van der Waals surface area contributed by atoms with Crippen LogP contribution < -0.4 is 5.32 Å². The van der Waals surface area contributed by atoms with Crippen molar-refractivity contribution in [3.8, 4) is 0 Å². The molecule has 0 saturated heterocycles. The number of nitrogens with one attached hydrogen (secondary N) is 1. The van der Waals surface area contributed by atoms with E-state index >= 15 is 0 Å². The zero-order chi connectivity index (χ0) is 14.3. The maximum absolute atomic E-state index is 11.8. The Balaban J connectivity index is 4.59. The van der Waals surface area contributed by atoms with Gasteiger partial charge in [-0.3, -0.25) is 0 Å². The van der Waals surface area contributed by atoms with Crippen LogP contribution in [0, 0.1) is 5.92 Å². The Morgan fingerprint density at radius 1 is 1.22 bits per heavy atom. The molecule has 0 rings (SSSR count). The maximum Gasteiger partial charge on any atom is 0.408 e. The van der Waals surface area contributed by atoms with E-state index in [1.165, 1.54) is 0 Å². The first-order chi connectivity index (χ1) is 8.21. The molecule has 18 heavy (non-hydrogen) atoms. The summed E-state index contributed by atoms with van der Waals surface area (Å²) >= 11 is 0. The van der Waals surface area contributed by atoms with Crippen molar-refractivity contribution < 1.29 is 19.1 Å². The van der Waals surface area contributed by atoms with Crippen LogP contribution in [0.4, 0.5) is 4.79 Å². The molecule has 0 fully saturated rings. The number of hydrogen-bond acceptors (Lipinski definition) is 4. The molecule has 0 aromatic rings. The van der Waals surface area contributed by atoms with Crippen molar-refractivity contribution in [1.82, 2.24) is 5.32 Å². The third-order valence-corrected chi connectivity index (χ3v) is 2.43. The number of carbonyl (C=O) groups is 2. The second kappa shape index (κ2) is 7.24. The van der Waals surface area contributed by atoms with Gasteiger partial charge >= 0.3 is 12.1 Å². The van der Waals surface area contributed by atoms with Crippen LogP contribution in [0.2, 0.25) is 0 Å². The minimum absolute atomic E-state index is 0.00318. The quantitative estimate of drug-likeness (QED) is 0.770. The lowest BCUT2D eigenvalue weighted by molar-refractivity contribution is -0.147. The number of alkyl carbamates (subject to hydrolysis) is 1. The Morgan fingerprint density at radius 3 is 2.17 bits per heavy atom. The largest absolute Gasteiger partial charge is 0.464 e. The predicted octanol–water partition coefficient (Wildman–Crippen LogP) is 2.49. The van der Waals surface area contributed by atoms with Gasteiger partial charge in [0.15, 0.2) is 0 Å². The highest BCUT2D eigenvalue weighted by Crippen LogP contribution is 2.12. The average molecular weight is 259 g/mol. The highest BCUT2D eigenvalue weighted by molar-refractivity contribution is 5.81. The van der Waals surface area contributed by atoms with E-state index in [4.69, 9.17) is 9.47 Å². The van der Waals surface area contributed by atoms with Crippen molar-refractivity contribution >= 4 is 12.1 Å². The molecule has 1 unspecified atom stereocenters. The maximum atomic E-state index is 11.8. The monoisotopic (exact) mass is 259 g/mol. The summed E-state index contributed by atoms with van der Waals surface area (Å²) in [5.41, 5.74) is -0.585. The molecular formula is C13H25NO4. The second-order valence-corrected chi connectivity index (χ2v) is 5.26. The van der Waals surface area contributed by atoms with Crippen LogP contribution in [0.1, 0.15) is 48.0 Å². The standard InChI is InChI=1S/C13H25NO4/c1-7-9(3)10(11(15)17-8-2)14-12(16)18-13(4,5)6/h9-10H,7-8H2,1-6H3,(H,14,16)/t9?,10-/m0/s1. The van der Waals surface area contributed by atoms with Gasteiger partial charge in [0.05, 0.1) is 6.61 Å². The minimum atomic E-state index is -0.662. The molecule has 0 aromatic carbocycles. The van der Waals surface area contributed by atoms with Gasteiger partial charge in [-0.1, -0.05) is 20.3 Å². The van der Waals surface area contributed by atoms with Crippen molar-refractivity contribution in [2.45, 2.75) is 59.6 Å². The topological polar surface area (TPSA) is 64.6 Å². The first-order valence-electron chi connectivity index (χ1n) is 6.37. The molecule has 5 nitrogen and oxygen atoms in total. The number of hydrogen-bond donors (Lipinski definition) is 1. The van der Waals surface area contributed by atoms with Crippen LogP contribution in [0.3, 0.4) is 0 Å². The third kappa shape index (κ3) is 6.47. The molecule has 0 radical (unpaired) electrons. The number of ether oxygens (including phenoxy) is 2. The summed E-state index contributed by atoms with van der Waals surface area (Å²) in [7, 11) is 0. The molecule has 0 aliphatic rings. The second-order valence-electron chi connectivity index (χ2n) is 5.26. The summed E-state index contributed by atoms with van der Waals surface area (Å²) in [5.74, 6) is -0.422. The van der Waals surface area contributed by atoms with Gasteiger partial charge < -0.3 is 14.8 Å². The van der Waals surface area contributed by atoms with Gasteiger partial charge in [0.1, 0.15) is 11.6 Å². The summed E-state index contributed by atoms with van der Waals surface area (Å²) < 4.78 is 10.1. The molecule has 0 saturated carbocycles. The molecule has 1 N–H and O–H groups in total. The Labute approximate surface area is 109 Å². The third-order valence-electron chi connectivity index (χ3n) is 2.43. The molecule has 0 aromatic heterocycles. The molecule has 5 heteroatoms. The van der Waals surface area contributed by atoms with Crippen LogP contribution >= 0.6 is 0 Å². The summed E-state index contributed by atoms with van der Waals surface area (Å²) in [6.45, 7) is 11.2. The Morgan fingerprint density at radius 2 is 1.78 bits per heavy atom. The van der Waals surface area contributed by atoms with Crippen LogP contribution in [0.15, 0.2) is 0 Å². The fourth-order valence-corrected chi connectivity index (χ4v) is 1.34. The van der Waals surface area contributed by atoms with Gasteiger partial charge in [-0.2, -0.15) is 0 Å². The van der Waals surface area contributed by atoms with E-state index in [1.807, 2.05) is 13.8 Å². The average Bonchev–Trinajstić information content (AvgIpc) is 2.22. The fourth-order valence-electron chi connectivity index (χ4n) is 1.34. The van der Waals surface area contributed by atoms with Crippen molar-refractivity contribution in [3.63, 3.8) is 0 Å². The number of carbonyl (C=O) groups excluding carboxylic acids is 2. The summed E-state index contributed by atoms with van der Waals surface area (Å²) in [6.07, 6.45) is 0.167. The first kappa shape index (κ1) is 16.7. The van der Waals surface area contributed by atoms with E-state index in [0.717, 1.165) is 6.42 Å². The number of esters is 1. The smallest absolute Gasteiger partial charge is 0.408 e. The molecular weight excluding hydrogens is 234 g/mol. The molecule has 0 bridgehead atoms. The van der Waals surface area contributed by atoms with E-state index in [1.54, 1.807) is 27.7 Å². The molecule has 0 heterocycles. The highest BCUT2D eigenvalue weighted by atomic mass is 16.6. The predicted molar refractivity (Wildman–Crippen MR) is 69.2 cm³/mol. The molecule has 106 valence electrons. The van der Waals surface area contributed by atoms with Gasteiger partial charge in [0.25, 0.3) is 0 Å².